The molecule has 0 N–H and O–H groups in total. The molecule has 4 aromatic rings. The van der Waals surface area contributed by atoms with Crippen molar-refractivity contribution in [3.05, 3.63) is 88.1 Å². The van der Waals surface area contributed by atoms with Gasteiger partial charge < -0.3 is 13.9 Å². The van der Waals surface area contributed by atoms with Crippen molar-refractivity contribution < 1.29 is 13.9 Å². The van der Waals surface area contributed by atoms with Crippen molar-refractivity contribution in [3.8, 4) is 11.5 Å². The number of fused-ring (bicyclic) bond motifs is 2. The highest BCUT2D eigenvalue weighted by Gasteiger charge is 2.17. The second kappa shape index (κ2) is 9.77. The quantitative estimate of drug-likeness (QED) is 0.193. The van der Waals surface area contributed by atoms with E-state index in [4.69, 9.17) is 13.9 Å². The van der Waals surface area contributed by atoms with Crippen LogP contribution in [0, 0.1) is 0 Å². The van der Waals surface area contributed by atoms with E-state index in [0.717, 1.165) is 46.9 Å². The van der Waals surface area contributed by atoms with Gasteiger partial charge in [-0.1, -0.05) is 17.8 Å². The lowest BCUT2D eigenvalue weighted by molar-refractivity contribution is 0.288. The van der Waals surface area contributed by atoms with Gasteiger partial charge in [-0.2, -0.15) is 0 Å². The molecule has 0 radical (unpaired) electrons. The Morgan fingerprint density at radius 3 is 2.65 bits per heavy atom. The summed E-state index contributed by atoms with van der Waals surface area (Å²) in [5.41, 5.74) is 3.90. The van der Waals surface area contributed by atoms with Gasteiger partial charge in [0.25, 0.3) is 0 Å². The molecule has 0 saturated carbocycles. The molecule has 34 heavy (non-hydrogen) atoms. The van der Waals surface area contributed by atoms with E-state index in [1.165, 1.54) is 22.9 Å². The van der Waals surface area contributed by atoms with Crippen LogP contribution in [-0.4, -0.2) is 21.9 Å². The maximum absolute atomic E-state index is 12.2. The average Bonchev–Trinajstić information content (AvgIpc) is 3.46. The Morgan fingerprint density at radius 2 is 1.88 bits per heavy atom. The normalized spacial score (nSPS) is 12.6. The number of thioether (sulfide) groups is 1. The Labute approximate surface area is 201 Å². The molecule has 7 nitrogen and oxygen atoms in total. The third-order valence-corrected chi connectivity index (χ3v) is 6.95. The van der Waals surface area contributed by atoms with Gasteiger partial charge in [0.15, 0.2) is 11.0 Å². The standard InChI is InChI=1S/C26H25N3O4S/c1-3-11-29-24(15-32-21-9-7-20(31-2)8-10-21)27-28-26(29)34-16-19-14-25(30)33-23-13-18-6-4-5-17(18)12-22(19)23/h3,7-10,12-14H,1,4-6,11,15-16H2,2H3. The lowest BCUT2D eigenvalue weighted by Crippen LogP contribution is -2.07. The molecule has 2 aromatic heterocycles. The van der Waals surface area contributed by atoms with Gasteiger partial charge in [0.2, 0.25) is 0 Å². The second-order valence-electron chi connectivity index (χ2n) is 8.11. The van der Waals surface area contributed by atoms with Crippen LogP contribution in [0.3, 0.4) is 0 Å². The third-order valence-electron chi connectivity index (χ3n) is 5.93. The minimum Gasteiger partial charge on any atom is -0.497 e. The number of aromatic nitrogens is 3. The summed E-state index contributed by atoms with van der Waals surface area (Å²) in [4.78, 5) is 12.2. The molecule has 0 atom stereocenters. The smallest absolute Gasteiger partial charge is 0.336 e. The van der Waals surface area contributed by atoms with Crippen LogP contribution in [0.4, 0.5) is 0 Å². The fourth-order valence-corrected chi connectivity index (χ4v) is 5.18. The molecular weight excluding hydrogens is 450 g/mol. The van der Waals surface area contributed by atoms with E-state index in [9.17, 15) is 4.79 Å². The molecule has 174 valence electrons. The van der Waals surface area contributed by atoms with E-state index in [-0.39, 0.29) is 12.2 Å². The number of hydrogen-bond donors (Lipinski definition) is 0. The van der Waals surface area contributed by atoms with Gasteiger partial charge in [-0.05, 0) is 72.4 Å². The lowest BCUT2D eigenvalue weighted by atomic mass is 10.0. The van der Waals surface area contributed by atoms with Crippen LogP contribution in [0.1, 0.15) is 28.9 Å². The van der Waals surface area contributed by atoms with E-state index >= 15 is 0 Å². The molecule has 0 unspecified atom stereocenters. The van der Waals surface area contributed by atoms with Crippen LogP contribution in [0.15, 0.2) is 69.5 Å². The maximum Gasteiger partial charge on any atom is 0.336 e. The zero-order valence-corrected chi connectivity index (χ0v) is 19.8. The molecule has 0 fully saturated rings. The highest BCUT2D eigenvalue weighted by molar-refractivity contribution is 7.98. The van der Waals surface area contributed by atoms with Gasteiger partial charge in [-0.3, -0.25) is 4.57 Å². The minimum atomic E-state index is -0.331. The molecule has 5 rings (SSSR count). The molecular formula is C26H25N3O4S. The third kappa shape index (κ3) is 4.59. The summed E-state index contributed by atoms with van der Waals surface area (Å²) < 4.78 is 18.6. The fraction of sp³-hybridized carbons (Fsp3) is 0.269. The molecule has 1 aliphatic carbocycles. The van der Waals surface area contributed by atoms with Crippen molar-refractivity contribution in [2.75, 3.05) is 7.11 Å². The SMILES string of the molecule is C=CCn1c(COc2ccc(OC)cc2)nnc1SCc1cc(=O)oc2cc3c(cc12)CCC3. The highest BCUT2D eigenvalue weighted by atomic mass is 32.2. The highest BCUT2D eigenvalue weighted by Crippen LogP contribution is 2.31. The van der Waals surface area contributed by atoms with E-state index in [2.05, 4.69) is 22.8 Å². The summed E-state index contributed by atoms with van der Waals surface area (Å²) in [6.45, 7) is 4.70. The predicted molar refractivity (Wildman–Crippen MR) is 132 cm³/mol. The van der Waals surface area contributed by atoms with Gasteiger partial charge in [0, 0.05) is 23.8 Å². The number of benzene rings is 2. The number of allylic oxidation sites excluding steroid dienone is 1. The molecule has 2 heterocycles. The van der Waals surface area contributed by atoms with Gasteiger partial charge >= 0.3 is 5.63 Å². The summed E-state index contributed by atoms with van der Waals surface area (Å²) >= 11 is 1.53. The number of methoxy groups -OCH3 is 1. The molecule has 0 spiro atoms. The first-order valence-electron chi connectivity index (χ1n) is 11.2. The Kier molecular flexibility index (Phi) is 6.40. The summed E-state index contributed by atoms with van der Waals surface area (Å²) in [7, 11) is 1.63. The van der Waals surface area contributed by atoms with Crippen molar-refractivity contribution >= 4 is 22.7 Å². The molecule has 0 saturated heterocycles. The number of hydrogen-bond acceptors (Lipinski definition) is 7. The largest absolute Gasteiger partial charge is 0.497 e. The van der Waals surface area contributed by atoms with Crippen molar-refractivity contribution in [1.82, 2.24) is 14.8 Å². The monoisotopic (exact) mass is 475 g/mol. The number of nitrogens with zero attached hydrogens (tertiary/aromatic N) is 3. The van der Waals surface area contributed by atoms with E-state index in [0.29, 0.717) is 23.7 Å². The summed E-state index contributed by atoms with van der Waals surface area (Å²) in [6.07, 6.45) is 5.06. The molecule has 8 heteroatoms. The van der Waals surface area contributed by atoms with E-state index < -0.39 is 0 Å². The lowest BCUT2D eigenvalue weighted by Gasteiger charge is -2.10. The van der Waals surface area contributed by atoms with Crippen molar-refractivity contribution in [3.63, 3.8) is 0 Å². The summed E-state index contributed by atoms with van der Waals surface area (Å²) in [5, 5.41) is 10.5. The average molecular weight is 476 g/mol. The van der Waals surface area contributed by atoms with Crippen LogP contribution in [0.25, 0.3) is 11.0 Å². The first-order chi connectivity index (χ1) is 16.6. The van der Waals surface area contributed by atoms with Crippen LogP contribution in [-0.2, 0) is 31.7 Å². The van der Waals surface area contributed by atoms with E-state index in [1.807, 2.05) is 34.9 Å². The van der Waals surface area contributed by atoms with Gasteiger partial charge in [-0.15, -0.1) is 16.8 Å². The molecule has 0 amide bonds. The fourth-order valence-electron chi connectivity index (χ4n) is 4.22. The summed E-state index contributed by atoms with van der Waals surface area (Å²) in [5.74, 6) is 2.77. The van der Waals surface area contributed by atoms with Crippen molar-refractivity contribution in [2.24, 2.45) is 0 Å². The van der Waals surface area contributed by atoms with Crippen LogP contribution in [0.2, 0.25) is 0 Å². The van der Waals surface area contributed by atoms with Crippen LogP contribution < -0.4 is 15.1 Å². The minimum absolute atomic E-state index is 0.276. The molecule has 0 bridgehead atoms. The zero-order chi connectivity index (χ0) is 23.5. The number of rotatable bonds is 9. The van der Waals surface area contributed by atoms with Crippen LogP contribution >= 0.6 is 11.8 Å². The molecule has 1 aliphatic rings. The van der Waals surface area contributed by atoms with Crippen molar-refractivity contribution in [1.29, 1.82) is 0 Å². The molecule has 2 aromatic carbocycles. The maximum atomic E-state index is 12.2. The first-order valence-corrected chi connectivity index (χ1v) is 12.1. The topological polar surface area (TPSA) is 79.4 Å². The Hall–Kier alpha value is -3.52. The van der Waals surface area contributed by atoms with Gasteiger partial charge in [0.05, 0.1) is 7.11 Å². The van der Waals surface area contributed by atoms with Crippen molar-refractivity contribution in [2.45, 2.75) is 43.3 Å². The van der Waals surface area contributed by atoms with Gasteiger partial charge in [0.1, 0.15) is 23.7 Å². The number of ether oxygens (including phenoxy) is 2. The Bertz CT molecular complexity index is 1390. The van der Waals surface area contributed by atoms with Gasteiger partial charge in [-0.25, -0.2) is 4.79 Å². The predicted octanol–water partition coefficient (Wildman–Crippen LogP) is 4.94. The van der Waals surface area contributed by atoms with E-state index in [1.54, 1.807) is 19.3 Å². The molecule has 0 aliphatic heterocycles. The van der Waals surface area contributed by atoms with Crippen LogP contribution in [0.5, 0.6) is 11.5 Å². The summed E-state index contributed by atoms with van der Waals surface area (Å²) in [6, 6.07) is 13.2. The zero-order valence-electron chi connectivity index (χ0n) is 19.0. The Balaban J connectivity index is 1.35. The second-order valence-corrected chi connectivity index (χ2v) is 9.05. The number of aryl methyl sites for hydroxylation is 2. The Morgan fingerprint density at radius 1 is 1.12 bits per heavy atom. The first kappa shape index (κ1) is 22.3.